The second-order valence-electron chi connectivity index (χ2n) is 9.27. The van der Waals surface area contributed by atoms with Crippen LogP contribution < -0.4 is 9.62 Å². The predicted octanol–water partition coefficient (Wildman–Crippen LogP) is 4.86. The van der Waals surface area contributed by atoms with E-state index in [1.165, 1.54) is 4.90 Å². The van der Waals surface area contributed by atoms with Gasteiger partial charge in [0.15, 0.2) is 0 Å². The summed E-state index contributed by atoms with van der Waals surface area (Å²) in [4.78, 5) is 27.9. The number of amides is 2. The molecule has 2 amide bonds. The van der Waals surface area contributed by atoms with E-state index >= 15 is 0 Å². The van der Waals surface area contributed by atoms with E-state index in [1.54, 1.807) is 61.5 Å². The molecule has 0 spiro atoms. The van der Waals surface area contributed by atoms with Crippen LogP contribution in [0.15, 0.2) is 83.8 Å². The minimum Gasteiger partial charge on any atom is -0.354 e. The largest absolute Gasteiger partial charge is 0.354 e. The van der Waals surface area contributed by atoms with Crippen molar-refractivity contribution in [3.05, 3.63) is 95.3 Å². The van der Waals surface area contributed by atoms with E-state index in [4.69, 9.17) is 11.6 Å². The minimum atomic E-state index is -4.25. The van der Waals surface area contributed by atoms with Gasteiger partial charge in [0, 0.05) is 18.1 Å². The maximum atomic E-state index is 13.8. The number of sulfonamides is 1. The first-order chi connectivity index (χ1) is 18.0. The normalized spacial score (nSPS) is 12.2. The third-order valence-corrected chi connectivity index (χ3v) is 7.84. The first-order valence-electron chi connectivity index (χ1n) is 12.1. The highest BCUT2D eigenvalue weighted by atomic mass is 35.5. The third-order valence-electron chi connectivity index (χ3n) is 5.82. The van der Waals surface area contributed by atoms with E-state index < -0.39 is 34.3 Å². The Morgan fingerprint density at radius 2 is 1.61 bits per heavy atom. The van der Waals surface area contributed by atoms with E-state index in [0.717, 1.165) is 28.6 Å². The predicted molar refractivity (Wildman–Crippen MR) is 147 cm³/mol. The lowest BCUT2D eigenvalue weighted by Crippen LogP contribution is -2.51. The van der Waals surface area contributed by atoms with Crippen molar-refractivity contribution in [1.29, 1.82) is 0 Å². The number of carbonyl (C=O) groups excluding carboxylic acids is 2. The Labute approximate surface area is 228 Å². The van der Waals surface area contributed by atoms with Gasteiger partial charge >= 0.3 is 0 Å². The molecule has 0 bridgehead atoms. The number of benzene rings is 3. The van der Waals surface area contributed by atoms with Gasteiger partial charge in [-0.3, -0.25) is 13.9 Å². The lowest BCUT2D eigenvalue weighted by molar-refractivity contribution is -0.139. The van der Waals surface area contributed by atoms with Crippen LogP contribution in [0.25, 0.3) is 0 Å². The summed E-state index contributed by atoms with van der Waals surface area (Å²) in [6.45, 7) is 5.40. The average molecular weight is 560 g/mol. The molecule has 38 heavy (non-hydrogen) atoms. The highest BCUT2D eigenvalue weighted by molar-refractivity contribution is 7.92. The lowest BCUT2D eigenvalue weighted by atomic mass is 10.1. The number of nitrogens with one attached hydrogen (secondary N) is 1. The molecule has 0 radical (unpaired) electrons. The van der Waals surface area contributed by atoms with Crippen molar-refractivity contribution in [2.24, 2.45) is 5.92 Å². The molecular formula is C28H31ClFN3O4S. The Morgan fingerprint density at radius 1 is 0.947 bits per heavy atom. The maximum absolute atomic E-state index is 13.8. The van der Waals surface area contributed by atoms with Gasteiger partial charge in [-0.2, -0.15) is 0 Å². The van der Waals surface area contributed by atoms with Gasteiger partial charge in [0.2, 0.25) is 11.8 Å². The molecule has 0 saturated heterocycles. The second-order valence-corrected chi connectivity index (χ2v) is 11.6. The van der Waals surface area contributed by atoms with Gasteiger partial charge in [-0.25, -0.2) is 12.8 Å². The Morgan fingerprint density at radius 3 is 2.21 bits per heavy atom. The second kappa shape index (κ2) is 12.9. The van der Waals surface area contributed by atoms with Crippen LogP contribution in [0.2, 0.25) is 5.02 Å². The molecule has 0 aliphatic carbocycles. The van der Waals surface area contributed by atoms with Crippen LogP contribution in [0.1, 0.15) is 26.3 Å². The molecule has 3 aromatic rings. The van der Waals surface area contributed by atoms with E-state index in [2.05, 4.69) is 5.32 Å². The summed E-state index contributed by atoms with van der Waals surface area (Å²) in [5.74, 6) is -1.33. The summed E-state index contributed by atoms with van der Waals surface area (Å²) in [5, 5.41) is 3.30. The fraction of sp³-hybridized carbons (Fsp3) is 0.286. The number of halogens is 2. The van der Waals surface area contributed by atoms with Crippen LogP contribution in [0.4, 0.5) is 10.1 Å². The summed E-state index contributed by atoms with van der Waals surface area (Å²) in [6, 6.07) is 18.5. The van der Waals surface area contributed by atoms with Crippen LogP contribution in [-0.2, 0) is 26.2 Å². The van der Waals surface area contributed by atoms with Crippen molar-refractivity contribution >= 4 is 39.1 Å². The molecular weight excluding hydrogens is 529 g/mol. The van der Waals surface area contributed by atoms with Crippen LogP contribution in [0.5, 0.6) is 0 Å². The van der Waals surface area contributed by atoms with Gasteiger partial charge in [-0.1, -0.05) is 55.8 Å². The monoisotopic (exact) mass is 559 g/mol. The highest BCUT2D eigenvalue weighted by Crippen LogP contribution is 2.25. The minimum absolute atomic E-state index is 0.0366. The Hall–Kier alpha value is -3.43. The van der Waals surface area contributed by atoms with E-state index in [-0.39, 0.29) is 29.0 Å². The van der Waals surface area contributed by atoms with Crippen molar-refractivity contribution in [2.45, 2.75) is 38.3 Å². The van der Waals surface area contributed by atoms with Gasteiger partial charge in [0.25, 0.3) is 10.0 Å². The topological polar surface area (TPSA) is 86.8 Å². The van der Waals surface area contributed by atoms with Gasteiger partial charge in [0.05, 0.1) is 10.6 Å². The average Bonchev–Trinajstić information content (AvgIpc) is 2.89. The van der Waals surface area contributed by atoms with Crippen LogP contribution in [0.3, 0.4) is 0 Å². The zero-order chi connectivity index (χ0) is 27.9. The van der Waals surface area contributed by atoms with Gasteiger partial charge in [-0.05, 0) is 66.9 Å². The Balaban J connectivity index is 1.98. The fourth-order valence-electron chi connectivity index (χ4n) is 3.72. The quantitative estimate of drug-likeness (QED) is 0.363. The molecule has 10 heteroatoms. The summed E-state index contributed by atoms with van der Waals surface area (Å²) >= 11 is 6.14. The molecule has 1 unspecified atom stereocenters. The van der Waals surface area contributed by atoms with Gasteiger partial charge in [-0.15, -0.1) is 0 Å². The fourth-order valence-corrected chi connectivity index (χ4v) is 5.35. The first kappa shape index (κ1) is 29.1. The van der Waals surface area contributed by atoms with E-state index in [0.29, 0.717) is 17.1 Å². The number of nitrogens with zero attached hydrogens (tertiary/aromatic N) is 2. The summed E-state index contributed by atoms with van der Waals surface area (Å²) in [5.41, 5.74) is 0.937. The summed E-state index contributed by atoms with van der Waals surface area (Å²) < 4.78 is 41.7. The number of hydrogen-bond acceptors (Lipinski definition) is 4. The zero-order valence-corrected chi connectivity index (χ0v) is 23.0. The third kappa shape index (κ3) is 7.55. The highest BCUT2D eigenvalue weighted by Gasteiger charge is 2.32. The number of para-hydroxylation sites is 1. The number of hydrogen-bond donors (Lipinski definition) is 1. The van der Waals surface area contributed by atoms with Crippen molar-refractivity contribution in [3.8, 4) is 0 Å². The molecule has 0 aliphatic heterocycles. The Kier molecular flexibility index (Phi) is 9.88. The molecule has 3 rings (SSSR count). The van der Waals surface area contributed by atoms with Crippen LogP contribution in [0, 0.1) is 11.7 Å². The molecule has 0 saturated carbocycles. The molecule has 7 nitrogen and oxygen atoms in total. The molecule has 3 aromatic carbocycles. The lowest BCUT2D eigenvalue weighted by Gasteiger charge is -2.32. The molecule has 0 aliphatic rings. The van der Waals surface area contributed by atoms with Crippen molar-refractivity contribution in [2.75, 3.05) is 17.4 Å². The molecule has 202 valence electrons. The molecule has 0 aromatic heterocycles. The molecule has 1 N–H and O–H groups in total. The van der Waals surface area contributed by atoms with Crippen molar-refractivity contribution in [1.82, 2.24) is 10.2 Å². The van der Waals surface area contributed by atoms with Crippen molar-refractivity contribution in [3.63, 3.8) is 0 Å². The standard InChI is InChI=1S/C28H31ClFN3O4S/c1-20(2)17-31-28(35)21(3)32(18-22-8-7-9-23(29)16-22)27(34)19-33(25-10-5-4-6-11-25)38(36,37)26-14-12-24(30)13-15-26/h4-16,20-21H,17-19H2,1-3H3,(H,31,35). The van der Waals surface area contributed by atoms with Gasteiger partial charge in [0.1, 0.15) is 18.4 Å². The molecule has 0 heterocycles. The summed E-state index contributed by atoms with van der Waals surface area (Å²) in [7, 11) is -4.25. The maximum Gasteiger partial charge on any atom is 0.264 e. The van der Waals surface area contributed by atoms with E-state index in [9.17, 15) is 22.4 Å². The first-order valence-corrected chi connectivity index (χ1v) is 14.0. The molecule has 0 fully saturated rings. The van der Waals surface area contributed by atoms with Crippen LogP contribution >= 0.6 is 11.6 Å². The Bertz CT molecular complexity index is 1350. The molecule has 1 atom stereocenters. The van der Waals surface area contributed by atoms with E-state index in [1.807, 2.05) is 13.8 Å². The SMILES string of the molecule is CC(C)CNC(=O)C(C)N(Cc1cccc(Cl)c1)C(=O)CN(c1ccccc1)S(=O)(=O)c1ccc(F)cc1. The number of rotatable bonds is 11. The number of anilines is 1. The smallest absolute Gasteiger partial charge is 0.264 e. The zero-order valence-electron chi connectivity index (χ0n) is 21.5. The number of carbonyl (C=O) groups is 2. The van der Waals surface area contributed by atoms with Crippen molar-refractivity contribution < 1.29 is 22.4 Å². The summed E-state index contributed by atoms with van der Waals surface area (Å²) in [6.07, 6.45) is 0. The van der Waals surface area contributed by atoms with Crippen LogP contribution in [-0.4, -0.2) is 44.3 Å². The van der Waals surface area contributed by atoms with Gasteiger partial charge < -0.3 is 10.2 Å².